The monoisotopic (exact) mass is 392 g/mol. The number of hydrogen-bond donors (Lipinski definition) is 3. The minimum absolute atomic E-state index is 0. The highest BCUT2D eigenvalue weighted by Crippen LogP contribution is 2.42. The zero-order valence-corrected chi connectivity index (χ0v) is 15.8. The Morgan fingerprint density at radius 3 is 2.42 bits per heavy atom. The number of hydrazine groups is 1. The van der Waals surface area contributed by atoms with Gasteiger partial charge in [-0.2, -0.15) is 13.2 Å². The quantitative estimate of drug-likeness (QED) is 0.541. The molecular formula is C17H27F3N4OS. The first kappa shape index (κ1) is 20.7. The first-order chi connectivity index (χ1) is 12.0. The van der Waals surface area contributed by atoms with Crippen molar-refractivity contribution in [1.82, 2.24) is 10.3 Å². The summed E-state index contributed by atoms with van der Waals surface area (Å²) >= 11 is 0. The van der Waals surface area contributed by atoms with Gasteiger partial charge < -0.3 is 16.1 Å². The lowest BCUT2D eigenvalue weighted by atomic mass is 9.81. The van der Waals surface area contributed by atoms with Crippen LogP contribution in [0.3, 0.4) is 0 Å². The van der Waals surface area contributed by atoms with Crippen LogP contribution in [-0.4, -0.2) is 34.6 Å². The van der Waals surface area contributed by atoms with Gasteiger partial charge in [-0.05, 0) is 37.5 Å². The molecule has 148 valence electrons. The lowest BCUT2D eigenvalue weighted by molar-refractivity contribution is -0.137. The zero-order chi connectivity index (χ0) is 19.7. The standard InChI is InChI=1S/C17H25F3N4OS.H2/c1-11-8-16(26(3)25,9-15(23-11)14(21)10-24(2)22)12-4-6-13(7-5-12)17(18,19)20;/h4-7,10-11,15,23H,8-9,21-22H2,1-3H3;1H/b14-10-;/t11-,15-,16-,26?;/m0./s1. The van der Waals surface area contributed by atoms with Crippen LogP contribution in [-0.2, 0) is 21.7 Å². The molecule has 1 aliphatic rings. The van der Waals surface area contributed by atoms with E-state index in [9.17, 15) is 17.4 Å². The Morgan fingerprint density at radius 1 is 1.38 bits per heavy atom. The highest BCUT2D eigenvalue weighted by Gasteiger charge is 2.44. The Kier molecular flexibility index (Phi) is 6.04. The van der Waals surface area contributed by atoms with E-state index >= 15 is 0 Å². The molecule has 0 saturated carbocycles. The Labute approximate surface area is 155 Å². The molecular weight excluding hydrogens is 365 g/mol. The van der Waals surface area contributed by atoms with Crippen molar-refractivity contribution in [2.75, 3.05) is 13.3 Å². The summed E-state index contributed by atoms with van der Waals surface area (Å²) in [5, 5.41) is 4.68. The molecule has 0 spiro atoms. The van der Waals surface area contributed by atoms with Crippen molar-refractivity contribution in [2.24, 2.45) is 11.6 Å². The first-order valence-electron chi connectivity index (χ1n) is 8.18. The van der Waals surface area contributed by atoms with Gasteiger partial charge in [0, 0.05) is 43.5 Å². The molecule has 1 aromatic carbocycles. The number of piperidine rings is 1. The summed E-state index contributed by atoms with van der Waals surface area (Å²) in [6.45, 7) is 1.94. The molecule has 0 bridgehead atoms. The highest BCUT2D eigenvalue weighted by atomic mass is 32.2. The van der Waals surface area contributed by atoms with Gasteiger partial charge in [0.05, 0.1) is 16.4 Å². The molecule has 1 aromatic rings. The second-order valence-corrected chi connectivity index (χ2v) is 8.54. The van der Waals surface area contributed by atoms with Crippen LogP contribution in [0, 0.1) is 0 Å². The number of hydrogen-bond acceptors (Lipinski definition) is 5. The summed E-state index contributed by atoms with van der Waals surface area (Å²) in [4.78, 5) is 0. The molecule has 0 amide bonds. The zero-order valence-electron chi connectivity index (χ0n) is 15.0. The smallest absolute Gasteiger partial charge is 0.400 e. The SMILES string of the molecule is C[C@H]1C[C@](c2ccc(C(F)(F)F)cc2)(S(C)=O)C[C@@H](/C(N)=C/N(C)N)N1.[HH]. The molecule has 5 nitrogen and oxygen atoms in total. The fourth-order valence-electron chi connectivity index (χ4n) is 3.51. The Bertz CT molecular complexity index is 696. The van der Waals surface area contributed by atoms with Crippen molar-refractivity contribution in [2.45, 2.75) is 42.8 Å². The molecule has 9 heteroatoms. The molecule has 2 rings (SSSR count). The van der Waals surface area contributed by atoms with Crippen molar-refractivity contribution < 1.29 is 18.8 Å². The van der Waals surface area contributed by atoms with Gasteiger partial charge in [-0.15, -0.1) is 0 Å². The second kappa shape index (κ2) is 7.58. The highest BCUT2D eigenvalue weighted by molar-refractivity contribution is 7.85. The molecule has 1 heterocycles. The minimum atomic E-state index is -4.40. The van der Waals surface area contributed by atoms with Crippen LogP contribution in [0.25, 0.3) is 0 Å². The fraction of sp³-hybridized carbons (Fsp3) is 0.529. The summed E-state index contributed by atoms with van der Waals surface area (Å²) in [7, 11) is 0.330. The van der Waals surface area contributed by atoms with Crippen LogP contribution >= 0.6 is 0 Å². The predicted molar refractivity (Wildman–Crippen MR) is 99.1 cm³/mol. The van der Waals surface area contributed by atoms with Crippen LogP contribution < -0.4 is 16.9 Å². The molecule has 0 aromatic heterocycles. The number of alkyl halides is 3. The van der Waals surface area contributed by atoms with E-state index in [0.29, 0.717) is 24.1 Å². The number of nitrogens with zero attached hydrogens (tertiary/aromatic N) is 1. The van der Waals surface area contributed by atoms with Gasteiger partial charge >= 0.3 is 6.18 Å². The second-order valence-electron chi connectivity index (χ2n) is 6.85. The summed E-state index contributed by atoms with van der Waals surface area (Å²) < 4.78 is 50.5. The third-order valence-corrected chi connectivity index (χ3v) is 6.37. The van der Waals surface area contributed by atoms with E-state index in [1.165, 1.54) is 17.1 Å². The molecule has 0 aliphatic carbocycles. The van der Waals surface area contributed by atoms with E-state index < -0.39 is 27.3 Å². The number of halogens is 3. The first-order valence-corrected chi connectivity index (χ1v) is 9.73. The molecule has 1 fully saturated rings. The average Bonchev–Trinajstić information content (AvgIpc) is 2.52. The van der Waals surface area contributed by atoms with Crippen molar-refractivity contribution in [1.29, 1.82) is 0 Å². The van der Waals surface area contributed by atoms with E-state index in [4.69, 9.17) is 11.6 Å². The van der Waals surface area contributed by atoms with Crippen molar-refractivity contribution >= 4 is 10.8 Å². The van der Waals surface area contributed by atoms with Crippen molar-refractivity contribution in [3.05, 3.63) is 47.3 Å². The lowest BCUT2D eigenvalue weighted by Crippen LogP contribution is -2.54. The maximum absolute atomic E-state index is 12.9. The van der Waals surface area contributed by atoms with Gasteiger partial charge in [0.15, 0.2) is 0 Å². The number of rotatable bonds is 4. The number of nitrogens with two attached hydrogens (primary N) is 2. The normalized spacial score (nSPS) is 28.7. The van der Waals surface area contributed by atoms with Crippen molar-refractivity contribution in [3.8, 4) is 0 Å². The molecule has 1 saturated heterocycles. The van der Waals surface area contributed by atoms with Gasteiger partial charge in [-0.3, -0.25) is 4.21 Å². The average molecular weight is 392 g/mol. The van der Waals surface area contributed by atoms with Gasteiger partial charge in [-0.25, -0.2) is 5.84 Å². The van der Waals surface area contributed by atoms with Gasteiger partial charge in [0.2, 0.25) is 0 Å². The van der Waals surface area contributed by atoms with E-state index in [1.54, 1.807) is 19.5 Å². The predicted octanol–water partition coefficient (Wildman–Crippen LogP) is 2.27. The van der Waals surface area contributed by atoms with Crippen LogP contribution in [0.1, 0.15) is 32.3 Å². The molecule has 4 atom stereocenters. The molecule has 5 N–H and O–H groups in total. The molecule has 1 unspecified atom stereocenters. The maximum Gasteiger partial charge on any atom is 0.416 e. The summed E-state index contributed by atoms with van der Waals surface area (Å²) in [6.07, 6.45) is -0.306. The maximum atomic E-state index is 12.9. The topological polar surface area (TPSA) is 84.4 Å². The summed E-state index contributed by atoms with van der Waals surface area (Å²) in [5.41, 5.74) is 6.51. The Morgan fingerprint density at radius 2 is 1.96 bits per heavy atom. The van der Waals surface area contributed by atoms with Gasteiger partial charge in [0.1, 0.15) is 0 Å². The van der Waals surface area contributed by atoms with Gasteiger partial charge in [-0.1, -0.05) is 12.1 Å². The van der Waals surface area contributed by atoms with E-state index in [1.807, 2.05) is 6.92 Å². The lowest BCUT2D eigenvalue weighted by Gasteiger charge is -2.44. The van der Waals surface area contributed by atoms with E-state index in [-0.39, 0.29) is 13.5 Å². The number of nitrogens with one attached hydrogen (secondary N) is 1. The molecule has 1 aliphatic heterocycles. The van der Waals surface area contributed by atoms with Crippen LogP contribution in [0.5, 0.6) is 0 Å². The molecule has 0 radical (unpaired) electrons. The Hall–Kier alpha value is -1.58. The molecule has 26 heavy (non-hydrogen) atoms. The summed E-state index contributed by atoms with van der Waals surface area (Å²) in [5.74, 6) is 5.61. The minimum Gasteiger partial charge on any atom is -0.400 e. The third kappa shape index (κ3) is 4.39. The van der Waals surface area contributed by atoms with Crippen LogP contribution in [0.2, 0.25) is 0 Å². The van der Waals surface area contributed by atoms with Crippen LogP contribution in [0.4, 0.5) is 13.2 Å². The largest absolute Gasteiger partial charge is 0.416 e. The van der Waals surface area contributed by atoms with Gasteiger partial charge in [0.25, 0.3) is 0 Å². The van der Waals surface area contributed by atoms with E-state index in [2.05, 4.69) is 5.32 Å². The van der Waals surface area contributed by atoms with E-state index in [0.717, 1.165) is 12.1 Å². The summed E-state index contributed by atoms with van der Waals surface area (Å²) in [6, 6.07) is 4.63. The Balaban J connectivity index is 0.00000364. The van der Waals surface area contributed by atoms with Crippen LogP contribution in [0.15, 0.2) is 36.2 Å². The fourth-order valence-corrected chi connectivity index (χ4v) is 4.86. The number of benzene rings is 1. The third-order valence-electron chi connectivity index (χ3n) is 4.70. The van der Waals surface area contributed by atoms with Crippen molar-refractivity contribution in [3.63, 3.8) is 0 Å².